The van der Waals surface area contributed by atoms with E-state index in [0.29, 0.717) is 38.8 Å². The Balaban J connectivity index is 1.96. The van der Waals surface area contributed by atoms with Crippen molar-refractivity contribution in [3.8, 4) is 28.5 Å². The third kappa shape index (κ3) is 5.58. The Bertz CT molecular complexity index is 1530. The van der Waals surface area contributed by atoms with E-state index in [1.807, 2.05) is 0 Å². The van der Waals surface area contributed by atoms with Gasteiger partial charge < -0.3 is 24.1 Å². The van der Waals surface area contributed by atoms with Crippen molar-refractivity contribution in [3.05, 3.63) is 76.2 Å². The zero-order chi connectivity index (χ0) is 28.3. The maximum atomic E-state index is 15.0. The van der Waals surface area contributed by atoms with Gasteiger partial charge in [0.05, 0.1) is 32.7 Å². The average Bonchev–Trinajstić information content (AvgIpc) is 3.28. The van der Waals surface area contributed by atoms with Crippen molar-refractivity contribution in [1.82, 2.24) is 5.16 Å². The van der Waals surface area contributed by atoms with Crippen molar-refractivity contribution in [2.45, 2.75) is 13.8 Å². The van der Waals surface area contributed by atoms with E-state index in [-0.39, 0.29) is 28.5 Å². The first-order chi connectivity index (χ1) is 18.7. The van der Waals surface area contributed by atoms with Crippen molar-refractivity contribution in [2.24, 2.45) is 0 Å². The summed E-state index contributed by atoms with van der Waals surface area (Å²) in [5.74, 6) is -0.290. The Morgan fingerprint density at radius 2 is 1.67 bits per heavy atom. The molecule has 0 atom stereocenters. The molecular formula is C28H25BrFN3O6. The molecular weight excluding hydrogens is 573 g/mol. The molecule has 9 nitrogen and oxygen atoms in total. The van der Waals surface area contributed by atoms with Crippen LogP contribution < -0.4 is 24.4 Å². The highest BCUT2D eigenvalue weighted by Crippen LogP contribution is 2.44. The molecule has 0 bridgehead atoms. The van der Waals surface area contributed by atoms with Crippen LogP contribution >= 0.6 is 15.9 Å². The summed E-state index contributed by atoms with van der Waals surface area (Å²) in [7, 11) is 4.39. The number of rotatable bonds is 8. The maximum Gasteiger partial charge on any atom is 0.268 e. The van der Waals surface area contributed by atoms with E-state index >= 15 is 0 Å². The van der Waals surface area contributed by atoms with E-state index in [2.05, 4.69) is 26.4 Å². The highest BCUT2D eigenvalue weighted by atomic mass is 79.9. The van der Waals surface area contributed by atoms with Gasteiger partial charge in [-0.2, -0.15) is 0 Å². The first-order valence-corrected chi connectivity index (χ1v) is 12.4. The molecule has 0 fully saturated rings. The minimum atomic E-state index is -0.585. The molecule has 1 N–H and O–H groups in total. The molecule has 4 aromatic rings. The molecule has 0 spiro atoms. The molecule has 1 aromatic heterocycles. The zero-order valence-corrected chi connectivity index (χ0v) is 23.4. The average molecular weight is 598 g/mol. The van der Waals surface area contributed by atoms with Gasteiger partial charge in [0.1, 0.15) is 22.8 Å². The van der Waals surface area contributed by atoms with Gasteiger partial charge in [-0.05, 0) is 43.3 Å². The largest absolute Gasteiger partial charge is 0.493 e. The number of hydrogen-bond donors (Lipinski definition) is 1. The number of nitrogens with one attached hydrogen (secondary N) is 1. The van der Waals surface area contributed by atoms with Crippen LogP contribution in [0.1, 0.15) is 23.0 Å². The number of carbonyl (C=O) groups excluding carboxylic acids is 2. The fourth-order valence-electron chi connectivity index (χ4n) is 4.11. The second kappa shape index (κ2) is 11.6. The fraction of sp³-hybridized carbons (Fsp3) is 0.179. The first kappa shape index (κ1) is 27.6. The lowest BCUT2D eigenvalue weighted by atomic mass is 10.0. The van der Waals surface area contributed by atoms with E-state index in [1.165, 1.54) is 45.3 Å². The van der Waals surface area contributed by atoms with Crippen molar-refractivity contribution >= 4 is 44.8 Å². The normalized spacial score (nSPS) is 10.6. The van der Waals surface area contributed by atoms with E-state index in [9.17, 15) is 14.0 Å². The van der Waals surface area contributed by atoms with Gasteiger partial charge in [0.25, 0.3) is 5.91 Å². The summed E-state index contributed by atoms with van der Waals surface area (Å²) in [6.45, 7) is 2.95. The van der Waals surface area contributed by atoms with Gasteiger partial charge in [0.2, 0.25) is 11.7 Å². The Kier molecular flexibility index (Phi) is 8.20. The summed E-state index contributed by atoms with van der Waals surface area (Å²) in [5, 5.41) is 6.73. The van der Waals surface area contributed by atoms with Crippen LogP contribution in [0.25, 0.3) is 11.3 Å². The molecule has 3 aromatic carbocycles. The monoisotopic (exact) mass is 597 g/mol. The molecule has 39 heavy (non-hydrogen) atoms. The number of aryl methyl sites for hydroxylation is 1. The lowest BCUT2D eigenvalue weighted by molar-refractivity contribution is -0.114. The lowest BCUT2D eigenvalue weighted by Crippen LogP contribution is -2.27. The molecule has 0 saturated heterocycles. The van der Waals surface area contributed by atoms with E-state index in [4.69, 9.17) is 18.7 Å². The zero-order valence-electron chi connectivity index (χ0n) is 21.8. The smallest absolute Gasteiger partial charge is 0.268 e. The SMILES string of the molecule is COc1cc(N(C(=O)c2c(-c3ccc(Br)cc3F)noc2C)c2cccc(NC(C)=O)c2)cc(OC)c1OC. The van der Waals surface area contributed by atoms with Crippen LogP contribution in [0.3, 0.4) is 0 Å². The molecule has 202 valence electrons. The molecule has 0 aliphatic heterocycles. The van der Waals surface area contributed by atoms with Crippen molar-refractivity contribution in [2.75, 3.05) is 31.5 Å². The third-order valence-corrected chi connectivity index (χ3v) is 6.29. The second-order valence-corrected chi connectivity index (χ2v) is 9.26. The molecule has 0 saturated carbocycles. The number of methoxy groups -OCH3 is 3. The molecule has 0 aliphatic carbocycles. The number of hydrogen-bond acceptors (Lipinski definition) is 7. The standard InChI is InChI=1S/C28H25BrFN3O6/c1-15-25(26(32-39-15)21-10-9-17(29)11-22(21)30)28(35)33(19-8-6-7-18(12-19)31-16(2)34)20-13-23(36-3)27(38-5)24(14-20)37-4/h6-14H,1-5H3,(H,31,34). The summed E-state index contributed by atoms with van der Waals surface area (Å²) in [6, 6.07) is 14.3. The highest BCUT2D eigenvalue weighted by Gasteiger charge is 2.31. The summed E-state index contributed by atoms with van der Waals surface area (Å²) in [4.78, 5) is 27.5. The summed E-state index contributed by atoms with van der Waals surface area (Å²) < 4.78 is 37.3. The topological polar surface area (TPSA) is 103 Å². The third-order valence-electron chi connectivity index (χ3n) is 5.80. The molecule has 1 heterocycles. The Labute approximate surface area is 232 Å². The Morgan fingerprint density at radius 1 is 0.974 bits per heavy atom. The van der Waals surface area contributed by atoms with Gasteiger partial charge in [0, 0.05) is 34.8 Å². The van der Waals surface area contributed by atoms with Crippen molar-refractivity contribution in [1.29, 1.82) is 0 Å². The predicted molar refractivity (Wildman–Crippen MR) is 148 cm³/mol. The number of halogens is 2. The second-order valence-electron chi connectivity index (χ2n) is 8.34. The quantitative estimate of drug-likeness (QED) is 0.247. The van der Waals surface area contributed by atoms with Gasteiger partial charge in [-0.1, -0.05) is 27.2 Å². The lowest BCUT2D eigenvalue weighted by Gasteiger charge is -2.25. The summed E-state index contributed by atoms with van der Waals surface area (Å²) >= 11 is 3.25. The van der Waals surface area contributed by atoms with Crippen LogP contribution in [0.5, 0.6) is 17.2 Å². The van der Waals surface area contributed by atoms with Crippen LogP contribution in [-0.4, -0.2) is 38.3 Å². The minimum Gasteiger partial charge on any atom is -0.493 e. The highest BCUT2D eigenvalue weighted by molar-refractivity contribution is 9.10. The number of anilines is 3. The van der Waals surface area contributed by atoms with Gasteiger partial charge in [-0.25, -0.2) is 4.39 Å². The number of benzene rings is 3. The molecule has 0 radical (unpaired) electrons. The molecule has 4 rings (SSSR count). The van der Waals surface area contributed by atoms with E-state index in [0.717, 1.165) is 0 Å². The Hall–Kier alpha value is -4.38. The summed E-state index contributed by atoms with van der Waals surface area (Å²) in [6.07, 6.45) is 0. The number of carbonyl (C=O) groups is 2. The Morgan fingerprint density at radius 3 is 2.26 bits per heavy atom. The van der Waals surface area contributed by atoms with Crippen LogP contribution in [0.15, 0.2) is 63.6 Å². The van der Waals surface area contributed by atoms with E-state index in [1.54, 1.807) is 49.4 Å². The van der Waals surface area contributed by atoms with Crippen LogP contribution in [-0.2, 0) is 4.79 Å². The minimum absolute atomic E-state index is 0.0398. The van der Waals surface area contributed by atoms with Gasteiger partial charge >= 0.3 is 0 Å². The van der Waals surface area contributed by atoms with E-state index < -0.39 is 11.7 Å². The van der Waals surface area contributed by atoms with Gasteiger partial charge in [-0.3, -0.25) is 14.5 Å². The van der Waals surface area contributed by atoms with Crippen molar-refractivity contribution < 1.29 is 32.7 Å². The van der Waals surface area contributed by atoms with Crippen LogP contribution in [0.4, 0.5) is 21.5 Å². The predicted octanol–water partition coefficient (Wildman–Crippen LogP) is 6.51. The van der Waals surface area contributed by atoms with Crippen molar-refractivity contribution in [3.63, 3.8) is 0 Å². The molecule has 2 amide bonds. The number of nitrogens with zero attached hydrogens (tertiary/aromatic N) is 2. The molecule has 0 aliphatic rings. The first-order valence-electron chi connectivity index (χ1n) is 11.6. The van der Waals surface area contributed by atoms with Gasteiger partial charge in [-0.15, -0.1) is 0 Å². The number of amides is 2. The van der Waals surface area contributed by atoms with Crippen LogP contribution in [0, 0.1) is 12.7 Å². The fourth-order valence-corrected chi connectivity index (χ4v) is 4.44. The van der Waals surface area contributed by atoms with Crippen LogP contribution in [0.2, 0.25) is 0 Å². The number of aromatic nitrogens is 1. The molecule has 11 heteroatoms. The van der Waals surface area contributed by atoms with Gasteiger partial charge in [0.15, 0.2) is 11.5 Å². The molecule has 0 unspecified atom stereocenters. The number of ether oxygens (including phenoxy) is 3. The summed E-state index contributed by atoms with van der Waals surface area (Å²) in [5.41, 5.74) is 1.38. The maximum absolute atomic E-state index is 15.0.